The molecule has 0 spiro atoms. The summed E-state index contributed by atoms with van der Waals surface area (Å²) in [7, 11) is -2.95. The van der Waals surface area contributed by atoms with Gasteiger partial charge in [0.15, 0.2) is 10.7 Å². The van der Waals surface area contributed by atoms with E-state index in [1.165, 1.54) is 25.4 Å². The number of nitrogens with two attached hydrogens (primary N) is 1. The lowest BCUT2D eigenvalue weighted by Crippen LogP contribution is -2.16. The van der Waals surface area contributed by atoms with Gasteiger partial charge in [0.2, 0.25) is 5.88 Å². The molecular weight excluding hydrogens is 443 g/mol. The van der Waals surface area contributed by atoms with Crippen molar-refractivity contribution in [3.05, 3.63) is 71.8 Å². The maximum absolute atomic E-state index is 15.3. The van der Waals surface area contributed by atoms with E-state index in [-0.39, 0.29) is 27.0 Å². The summed E-state index contributed by atoms with van der Waals surface area (Å²) >= 11 is 5.88. The van der Waals surface area contributed by atoms with Gasteiger partial charge in [-0.05, 0) is 35.2 Å². The Morgan fingerprint density at radius 2 is 1.87 bits per heavy atom. The molecule has 158 valence electrons. The number of aromatic nitrogens is 2. The molecule has 0 amide bonds. The largest absolute Gasteiger partial charge is 0.480 e. The van der Waals surface area contributed by atoms with Gasteiger partial charge in [0.1, 0.15) is 5.82 Å². The Morgan fingerprint density at radius 3 is 2.65 bits per heavy atom. The number of anilines is 2. The third-order valence-corrected chi connectivity index (χ3v) is 6.13. The van der Waals surface area contributed by atoms with Gasteiger partial charge in [0.25, 0.3) is 10.0 Å². The first kappa shape index (κ1) is 20.8. The second kappa shape index (κ2) is 8.01. The van der Waals surface area contributed by atoms with Gasteiger partial charge in [-0.1, -0.05) is 35.9 Å². The number of hydrogen-bond donors (Lipinski definition) is 2. The third kappa shape index (κ3) is 4.10. The molecule has 0 bridgehead atoms. The Kier molecular flexibility index (Phi) is 5.38. The number of ether oxygens (including phenoxy) is 1. The number of pyridine rings is 2. The molecule has 0 aliphatic rings. The lowest BCUT2D eigenvalue weighted by atomic mass is 10.0. The van der Waals surface area contributed by atoms with Gasteiger partial charge in [0.05, 0.1) is 17.8 Å². The van der Waals surface area contributed by atoms with E-state index in [9.17, 15) is 8.42 Å². The summed E-state index contributed by atoms with van der Waals surface area (Å²) in [6, 6.07) is 12.6. The highest BCUT2D eigenvalue weighted by Gasteiger charge is 2.23. The van der Waals surface area contributed by atoms with Gasteiger partial charge in [-0.3, -0.25) is 4.72 Å². The highest BCUT2D eigenvalue weighted by atomic mass is 35.5. The molecule has 4 aromatic rings. The summed E-state index contributed by atoms with van der Waals surface area (Å²) in [5.41, 5.74) is 6.24. The predicted octanol–water partition coefficient (Wildman–Crippen LogP) is 4.48. The normalized spacial score (nSPS) is 11.5. The zero-order valence-corrected chi connectivity index (χ0v) is 17.7. The van der Waals surface area contributed by atoms with E-state index in [0.29, 0.717) is 11.4 Å². The number of fused-ring (bicyclic) bond motifs is 1. The number of benzene rings is 2. The average Bonchev–Trinajstić information content (AvgIpc) is 2.75. The van der Waals surface area contributed by atoms with Crippen LogP contribution in [0.15, 0.2) is 65.8 Å². The van der Waals surface area contributed by atoms with Gasteiger partial charge in [-0.2, -0.15) is 0 Å². The summed E-state index contributed by atoms with van der Waals surface area (Å²) in [5.74, 6) is -0.508. The summed E-state index contributed by atoms with van der Waals surface area (Å²) in [6.07, 6.45) is 2.85. The van der Waals surface area contributed by atoms with Gasteiger partial charge < -0.3 is 10.5 Å². The molecule has 0 saturated heterocycles. The van der Waals surface area contributed by atoms with Crippen LogP contribution >= 0.6 is 11.6 Å². The first-order valence-corrected chi connectivity index (χ1v) is 10.8. The minimum Gasteiger partial charge on any atom is -0.480 e. The SMILES string of the molecule is COc1ncc(Cl)cc1S(=O)(=O)Nc1cccc(-c2ccc3cc(N)ncc3c2)c1F. The lowest BCUT2D eigenvalue weighted by Gasteiger charge is -2.13. The Hall–Kier alpha value is -3.43. The van der Waals surface area contributed by atoms with Crippen molar-refractivity contribution in [1.82, 2.24) is 9.97 Å². The van der Waals surface area contributed by atoms with Crippen LogP contribution in [-0.2, 0) is 10.0 Å². The average molecular weight is 459 g/mol. The number of sulfonamides is 1. The van der Waals surface area contributed by atoms with Crippen LogP contribution in [0.5, 0.6) is 5.88 Å². The van der Waals surface area contributed by atoms with E-state index < -0.39 is 15.8 Å². The molecular formula is C21H16ClFN4O3S. The summed E-state index contributed by atoms with van der Waals surface area (Å²) < 4.78 is 48.3. The van der Waals surface area contributed by atoms with Crippen molar-refractivity contribution in [2.75, 3.05) is 17.6 Å². The van der Waals surface area contributed by atoms with Gasteiger partial charge in [-0.15, -0.1) is 0 Å². The fourth-order valence-electron chi connectivity index (χ4n) is 3.11. The van der Waals surface area contributed by atoms with Crippen LogP contribution in [0, 0.1) is 5.82 Å². The van der Waals surface area contributed by atoms with E-state index in [4.69, 9.17) is 22.1 Å². The maximum Gasteiger partial charge on any atom is 0.267 e. The molecule has 31 heavy (non-hydrogen) atoms. The van der Waals surface area contributed by atoms with Crippen LogP contribution in [-0.4, -0.2) is 25.5 Å². The minimum atomic E-state index is -4.23. The molecule has 0 atom stereocenters. The van der Waals surface area contributed by atoms with E-state index in [0.717, 1.165) is 10.8 Å². The summed E-state index contributed by atoms with van der Waals surface area (Å²) in [4.78, 5) is 7.59. The summed E-state index contributed by atoms with van der Waals surface area (Å²) in [6.45, 7) is 0. The highest BCUT2D eigenvalue weighted by molar-refractivity contribution is 7.92. The van der Waals surface area contributed by atoms with Crippen molar-refractivity contribution in [2.24, 2.45) is 0 Å². The van der Waals surface area contributed by atoms with Gasteiger partial charge in [-0.25, -0.2) is 22.8 Å². The predicted molar refractivity (Wildman–Crippen MR) is 118 cm³/mol. The Bertz CT molecular complexity index is 1410. The molecule has 10 heteroatoms. The first-order valence-electron chi connectivity index (χ1n) is 8.95. The molecule has 2 heterocycles. The lowest BCUT2D eigenvalue weighted by molar-refractivity contribution is 0.385. The van der Waals surface area contributed by atoms with Crippen LogP contribution in [0.3, 0.4) is 0 Å². The Morgan fingerprint density at radius 1 is 1.06 bits per heavy atom. The van der Waals surface area contributed by atoms with Crippen molar-refractivity contribution in [3.8, 4) is 17.0 Å². The highest BCUT2D eigenvalue weighted by Crippen LogP contribution is 2.32. The fraction of sp³-hybridized carbons (Fsp3) is 0.0476. The topological polar surface area (TPSA) is 107 Å². The molecule has 0 radical (unpaired) electrons. The fourth-order valence-corrected chi connectivity index (χ4v) is 4.54. The van der Waals surface area contributed by atoms with Crippen LogP contribution in [0.25, 0.3) is 21.9 Å². The number of nitrogens with one attached hydrogen (secondary N) is 1. The minimum absolute atomic E-state index is 0.0980. The quantitative estimate of drug-likeness (QED) is 0.456. The monoisotopic (exact) mass is 458 g/mol. The molecule has 3 N–H and O–H groups in total. The van der Waals surface area contributed by atoms with E-state index in [1.54, 1.807) is 42.6 Å². The zero-order valence-electron chi connectivity index (χ0n) is 16.1. The van der Waals surface area contributed by atoms with Crippen LogP contribution in [0.4, 0.5) is 15.9 Å². The third-order valence-electron chi connectivity index (χ3n) is 4.56. The van der Waals surface area contributed by atoms with Crippen molar-refractivity contribution in [3.63, 3.8) is 0 Å². The molecule has 2 aromatic heterocycles. The van der Waals surface area contributed by atoms with Gasteiger partial charge in [0, 0.05) is 23.3 Å². The molecule has 0 fully saturated rings. The Balaban J connectivity index is 1.75. The van der Waals surface area contributed by atoms with Crippen LogP contribution < -0.4 is 15.2 Å². The molecule has 0 aliphatic carbocycles. The van der Waals surface area contributed by atoms with Crippen molar-refractivity contribution in [2.45, 2.75) is 4.90 Å². The first-order chi connectivity index (χ1) is 14.8. The number of nitrogen functional groups attached to an aromatic ring is 1. The number of hydrogen-bond acceptors (Lipinski definition) is 6. The van der Waals surface area contributed by atoms with E-state index in [1.807, 2.05) is 0 Å². The molecule has 0 aliphatic heterocycles. The van der Waals surface area contributed by atoms with Crippen LogP contribution in [0.2, 0.25) is 5.02 Å². The standard InChI is InChI=1S/C21H16ClFN4O3S/c1-30-21-18(9-15(22)11-26-21)31(28,29)27-17-4-2-3-16(20(17)23)13-6-5-12-8-19(24)25-10-14(12)7-13/h2-11,27H,1H3,(H2,24,25). The van der Waals surface area contributed by atoms with Crippen molar-refractivity contribution in [1.29, 1.82) is 0 Å². The molecule has 4 rings (SSSR count). The number of rotatable bonds is 5. The van der Waals surface area contributed by atoms with Gasteiger partial charge >= 0.3 is 0 Å². The van der Waals surface area contributed by atoms with Crippen LogP contribution in [0.1, 0.15) is 0 Å². The number of nitrogens with zero attached hydrogens (tertiary/aromatic N) is 2. The summed E-state index contributed by atoms with van der Waals surface area (Å²) in [5, 5.41) is 1.72. The molecule has 2 aromatic carbocycles. The van der Waals surface area contributed by atoms with Crippen molar-refractivity contribution < 1.29 is 17.5 Å². The second-order valence-corrected chi connectivity index (χ2v) is 8.69. The molecule has 7 nitrogen and oxygen atoms in total. The molecule has 0 unspecified atom stereocenters. The van der Waals surface area contributed by atoms with E-state index in [2.05, 4.69) is 14.7 Å². The maximum atomic E-state index is 15.3. The second-order valence-electron chi connectivity index (χ2n) is 6.60. The Labute approximate surface area is 182 Å². The van der Waals surface area contributed by atoms with Crippen molar-refractivity contribution >= 4 is 43.9 Å². The smallest absolute Gasteiger partial charge is 0.267 e. The van der Waals surface area contributed by atoms with E-state index >= 15 is 4.39 Å². The molecule has 0 saturated carbocycles. The number of halogens is 2. The zero-order chi connectivity index (χ0) is 22.2. The number of methoxy groups -OCH3 is 1.